The average Bonchev–Trinajstić information content (AvgIpc) is 2.79. The molecule has 2 aromatic carbocycles. The summed E-state index contributed by atoms with van der Waals surface area (Å²) in [6.07, 6.45) is 0.840. The Morgan fingerprint density at radius 1 is 1.00 bits per heavy atom. The fourth-order valence-electron chi connectivity index (χ4n) is 3.44. The minimum Gasteiger partial charge on any atom is -0.493 e. The van der Waals surface area contributed by atoms with Crippen LogP contribution in [0.1, 0.15) is 43.9 Å². The Morgan fingerprint density at radius 3 is 2.31 bits per heavy atom. The molecule has 32 heavy (non-hydrogen) atoms. The lowest BCUT2D eigenvalue weighted by atomic mass is 10.0. The molecular weight excluding hydrogens is 404 g/mol. The zero-order chi connectivity index (χ0) is 23.7. The van der Waals surface area contributed by atoms with E-state index in [1.54, 1.807) is 26.0 Å². The number of hydrogen-bond acceptors (Lipinski definition) is 4. The van der Waals surface area contributed by atoms with Gasteiger partial charge in [-0.1, -0.05) is 44.2 Å². The van der Waals surface area contributed by atoms with Crippen LogP contribution >= 0.6 is 0 Å². The van der Waals surface area contributed by atoms with Gasteiger partial charge in [-0.05, 0) is 55.0 Å². The first-order valence-electron chi connectivity index (χ1n) is 11.1. The van der Waals surface area contributed by atoms with Crippen molar-refractivity contribution in [3.63, 3.8) is 0 Å². The van der Waals surface area contributed by atoms with Crippen LogP contribution in [0.25, 0.3) is 0 Å². The Bertz CT molecular complexity index is 910. The van der Waals surface area contributed by atoms with E-state index in [1.807, 2.05) is 63.2 Å². The van der Waals surface area contributed by atoms with E-state index in [2.05, 4.69) is 5.32 Å². The molecule has 174 valence electrons. The van der Waals surface area contributed by atoms with Gasteiger partial charge in [-0.2, -0.15) is 0 Å². The van der Waals surface area contributed by atoms with Crippen LogP contribution in [0.4, 0.5) is 0 Å². The normalized spacial score (nSPS) is 11.7. The van der Waals surface area contributed by atoms with E-state index in [1.165, 1.54) is 0 Å². The number of nitrogens with one attached hydrogen (secondary N) is 1. The highest BCUT2D eigenvalue weighted by Gasteiger charge is 2.26. The summed E-state index contributed by atoms with van der Waals surface area (Å²) in [5, 5.41) is 2.96. The zero-order valence-corrected chi connectivity index (χ0v) is 20.1. The lowest BCUT2D eigenvalue weighted by Crippen LogP contribution is -2.48. The third-order valence-corrected chi connectivity index (χ3v) is 5.53. The summed E-state index contributed by atoms with van der Waals surface area (Å²) in [6, 6.07) is 13.0. The van der Waals surface area contributed by atoms with Gasteiger partial charge < -0.3 is 19.7 Å². The number of methoxy groups -OCH3 is 2. The summed E-state index contributed by atoms with van der Waals surface area (Å²) in [7, 11) is 3.18. The fourth-order valence-corrected chi connectivity index (χ4v) is 3.44. The van der Waals surface area contributed by atoms with E-state index < -0.39 is 6.04 Å². The first-order chi connectivity index (χ1) is 15.3. The van der Waals surface area contributed by atoms with E-state index in [0.717, 1.165) is 16.7 Å². The van der Waals surface area contributed by atoms with Crippen molar-refractivity contribution in [2.45, 2.75) is 53.1 Å². The second-order valence-corrected chi connectivity index (χ2v) is 8.45. The third kappa shape index (κ3) is 7.01. The standard InChI is InChI=1S/C26H36N2O4/c1-18(2)16-27-26(30)20(4)28(17-22-10-8-7-9-19(22)3)25(29)14-12-21-11-13-23(31-5)24(15-21)32-6/h7-11,13,15,18,20H,12,14,16-17H2,1-6H3,(H,27,30)/t20-/m0/s1. The summed E-state index contributed by atoms with van der Waals surface area (Å²) in [6.45, 7) is 8.89. The summed E-state index contributed by atoms with van der Waals surface area (Å²) in [4.78, 5) is 27.7. The first kappa shape index (κ1) is 25.2. The minimum absolute atomic E-state index is 0.0600. The van der Waals surface area contributed by atoms with Gasteiger partial charge in [-0.15, -0.1) is 0 Å². The highest BCUT2D eigenvalue weighted by molar-refractivity contribution is 5.87. The van der Waals surface area contributed by atoms with Crippen LogP contribution < -0.4 is 14.8 Å². The van der Waals surface area contributed by atoms with Crippen molar-refractivity contribution < 1.29 is 19.1 Å². The number of amides is 2. The van der Waals surface area contributed by atoms with E-state index in [9.17, 15) is 9.59 Å². The van der Waals surface area contributed by atoms with Crippen molar-refractivity contribution >= 4 is 11.8 Å². The van der Waals surface area contributed by atoms with Crippen LogP contribution in [0, 0.1) is 12.8 Å². The molecule has 0 heterocycles. The number of benzene rings is 2. The Hall–Kier alpha value is -3.02. The fraction of sp³-hybridized carbons (Fsp3) is 0.462. The van der Waals surface area contributed by atoms with Crippen LogP contribution in [0.15, 0.2) is 42.5 Å². The number of ether oxygens (including phenoxy) is 2. The molecule has 0 aromatic heterocycles. The molecule has 6 heteroatoms. The lowest BCUT2D eigenvalue weighted by Gasteiger charge is -2.29. The summed E-state index contributed by atoms with van der Waals surface area (Å²) in [5.74, 6) is 1.44. The van der Waals surface area contributed by atoms with Crippen LogP contribution in [0.3, 0.4) is 0 Å². The van der Waals surface area contributed by atoms with Gasteiger partial charge in [0.2, 0.25) is 11.8 Å². The summed E-state index contributed by atoms with van der Waals surface area (Å²) in [5.41, 5.74) is 3.11. The molecule has 0 saturated heterocycles. The smallest absolute Gasteiger partial charge is 0.242 e. The maximum Gasteiger partial charge on any atom is 0.242 e. The Kier molecular flexibility index (Phi) is 9.57. The molecule has 0 saturated carbocycles. The molecule has 1 atom stereocenters. The Morgan fingerprint density at radius 2 is 1.69 bits per heavy atom. The maximum atomic E-state index is 13.3. The van der Waals surface area contributed by atoms with E-state index in [-0.39, 0.29) is 11.8 Å². The molecule has 0 bridgehead atoms. The van der Waals surface area contributed by atoms with Gasteiger partial charge in [0.05, 0.1) is 14.2 Å². The predicted molar refractivity (Wildman–Crippen MR) is 127 cm³/mol. The van der Waals surface area contributed by atoms with Crippen molar-refractivity contribution in [2.75, 3.05) is 20.8 Å². The maximum absolute atomic E-state index is 13.3. The molecule has 2 aromatic rings. The molecule has 0 aliphatic rings. The Labute approximate surface area is 191 Å². The first-order valence-corrected chi connectivity index (χ1v) is 11.1. The highest BCUT2D eigenvalue weighted by Crippen LogP contribution is 2.28. The molecule has 0 unspecified atom stereocenters. The zero-order valence-electron chi connectivity index (χ0n) is 20.1. The molecule has 0 radical (unpaired) electrons. The van der Waals surface area contributed by atoms with Crippen molar-refractivity contribution in [2.24, 2.45) is 5.92 Å². The summed E-state index contributed by atoms with van der Waals surface area (Å²) >= 11 is 0. The van der Waals surface area contributed by atoms with Gasteiger partial charge >= 0.3 is 0 Å². The number of hydrogen-bond donors (Lipinski definition) is 1. The molecule has 0 aliphatic carbocycles. The van der Waals surface area contributed by atoms with E-state index >= 15 is 0 Å². The quantitative estimate of drug-likeness (QED) is 0.570. The van der Waals surface area contributed by atoms with Gasteiger partial charge in [0.25, 0.3) is 0 Å². The minimum atomic E-state index is -0.564. The van der Waals surface area contributed by atoms with Crippen LogP contribution in [0.2, 0.25) is 0 Å². The summed E-state index contributed by atoms with van der Waals surface area (Å²) < 4.78 is 10.7. The van der Waals surface area contributed by atoms with Crippen molar-refractivity contribution in [3.05, 3.63) is 59.2 Å². The lowest BCUT2D eigenvalue weighted by molar-refractivity contribution is -0.140. The largest absolute Gasteiger partial charge is 0.493 e. The topological polar surface area (TPSA) is 67.9 Å². The van der Waals surface area contributed by atoms with Crippen molar-refractivity contribution in [1.29, 1.82) is 0 Å². The molecule has 0 spiro atoms. The molecule has 1 N–H and O–H groups in total. The van der Waals surface area contributed by atoms with Gasteiger partial charge in [0.1, 0.15) is 6.04 Å². The van der Waals surface area contributed by atoms with Crippen LogP contribution in [-0.2, 0) is 22.6 Å². The molecule has 2 amide bonds. The molecule has 0 aliphatic heterocycles. The van der Waals surface area contributed by atoms with Gasteiger partial charge in [-0.3, -0.25) is 9.59 Å². The number of aryl methyl sites for hydroxylation is 2. The monoisotopic (exact) mass is 440 g/mol. The van der Waals surface area contributed by atoms with E-state index in [0.29, 0.717) is 43.3 Å². The molecule has 0 fully saturated rings. The second kappa shape index (κ2) is 12.1. The SMILES string of the molecule is COc1ccc(CCC(=O)N(Cc2ccccc2C)[C@@H](C)C(=O)NCC(C)C)cc1OC. The van der Waals surface area contributed by atoms with Crippen LogP contribution in [0.5, 0.6) is 11.5 Å². The average molecular weight is 441 g/mol. The van der Waals surface area contributed by atoms with Crippen LogP contribution in [-0.4, -0.2) is 43.5 Å². The predicted octanol–water partition coefficient (Wildman–Crippen LogP) is 4.13. The number of carbonyl (C=O) groups is 2. The van der Waals surface area contributed by atoms with E-state index in [4.69, 9.17) is 9.47 Å². The number of carbonyl (C=O) groups excluding carboxylic acids is 2. The molecular formula is C26H36N2O4. The molecule has 6 nitrogen and oxygen atoms in total. The van der Waals surface area contributed by atoms with Gasteiger partial charge in [0, 0.05) is 19.5 Å². The van der Waals surface area contributed by atoms with Crippen molar-refractivity contribution in [1.82, 2.24) is 10.2 Å². The molecule has 2 rings (SSSR count). The van der Waals surface area contributed by atoms with Gasteiger partial charge in [-0.25, -0.2) is 0 Å². The highest BCUT2D eigenvalue weighted by atomic mass is 16.5. The number of nitrogens with zero attached hydrogens (tertiary/aromatic N) is 1. The third-order valence-electron chi connectivity index (χ3n) is 5.53. The van der Waals surface area contributed by atoms with Crippen molar-refractivity contribution in [3.8, 4) is 11.5 Å². The Balaban J connectivity index is 2.17. The second-order valence-electron chi connectivity index (χ2n) is 8.45. The van der Waals surface area contributed by atoms with Gasteiger partial charge in [0.15, 0.2) is 11.5 Å². The number of rotatable bonds is 11.